The molecule has 296 valence electrons. The third-order valence-electron chi connectivity index (χ3n) is 13.1. The molecule has 2 nitrogen and oxygen atoms in total. The van der Waals surface area contributed by atoms with Crippen LogP contribution < -0.4 is 0 Å². The van der Waals surface area contributed by atoms with Crippen LogP contribution in [0.5, 0.6) is 0 Å². The zero-order chi connectivity index (χ0) is 41.7. The van der Waals surface area contributed by atoms with Gasteiger partial charge in [-0.3, -0.25) is 0 Å². The van der Waals surface area contributed by atoms with Gasteiger partial charge in [-0.15, -0.1) is 0 Å². The number of aromatic nitrogens is 2. The number of para-hydroxylation sites is 1. The van der Waals surface area contributed by atoms with Gasteiger partial charge in [-0.2, -0.15) is 0 Å². The van der Waals surface area contributed by atoms with Gasteiger partial charge in [-0.1, -0.05) is 206 Å². The molecule has 63 heavy (non-hydrogen) atoms. The van der Waals surface area contributed by atoms with Crippen LogP contribution >= 0.6 is 0 Å². The van der Waals surface area contributed by atoms with Gasteiger partial charge in [0.1, 0.15) is 0 Å². The molecular weight excluding hydrogens is 761 g/mol. The Labute approximate surface area is 367 Å². The fourth-order valence-electron chi connectivity index (χ4n) is 10.2. The first-order valence-corrected chi connectivity index (χ1v) is 21.8. The minimum absolute atomic E-state index is 0.513. The second kappa shape index (κ2) is 15.1. The van der Waals surface area contributed by atoms with E-state index in [9.17, 15) is 0 Å². The molecule has 10 aromatic carbocycles. The highest BCUT2D eigenvalue weighted by Crippen LogP contribution is 2.46. The lowest BCUT2D eigenvalue weighted by molar-refractivity contribution is 0.745. The van der Waals surface area contributed by atoms with Crippen molar-refractivity contribution in [2.75, 3.05) is 0 Å². The van der Waals surface area contributed by atoms with E-state index in [1.165, 1.54) is 88.1 Å². The molecule has 0 N–H and O–H groups in total. The lowest BCUT2D eigenvalue weighted by Crippen LogP contribution is -2.30. The van der Waals surface area contributed by atoms with Crippen LogP contribution in [0.25, 0.3) is 77.2 Å². The number of rotatable bonds is 8. The highest BCUT2D eigenvalue weighted by atomic mass is 15.0. The maximum Gasteiger partial charge on any atom is 0.0701 e. The Hall–Kier alpha value is -8.20. The summed E-state index contributed by atoms with van der Waals surface area (Å²) in [5.41, 5.74) is 16.2. The molecule has 0 saturated heterocycles. The predicted molar refractivity (Wildman–Crippen MR) is 264 cm³/mol. The molecule has 0 aliphatic heterocycles. The predicted octanol–water partition coefficient (Wildman–Crippen LogP) is 15.6. The Bertz CT molecular complexity index is 3370. The van der Waals surface area contributed by atoms with Crippen molar-refractivity contribution in [2.45, 2.75) is 5.41 Å². The van der Waals surface area contributed by atoms with Crippen LogP contribution in [0.2, 0.25) is 0 Å². The van der Waals surface area contributed by atoms with E-state index >= 15 is 0 Å². The molecule has 2 heterocycles. The lowest BCUT2D eigenvalue weighted by Gasteiger charge is -2.37. The zero-order valence-electron chi connectivity index (χ0n) is 34.6. The SMILES string of the molecule is c1ccc(-c2ccc3c4ccc(-c5ccccc5)cc4n(-c4ccc5c(c4)c4ccccc4n5-c4ccc(C(c5ccccc5)(c5ccccc5)c5ccccc5)cc4)c3c2)cc1. The van der Waals surface area contributed by atoms with Crippen LogP contribution in [0.4, 0.5) is 0 Å². The molecule has 0 amide bonds. The second-order valence-corrected chi connectivity index (χ2v) is 16.5. The molecular formula is C61H42N2. The Kier molecular flexibility index (Phi) is 8.76. The van der Waals surface area contributed by atoms with Crippen LogP contribution in [0.15, 0.2) is 255 Å². The van der Waals surface area contributed by atoms with Crippen molar-refractivity contribution in [2.24, 2.45) is 0 Å². The maximum atomic E-state index is 2.47. The van der Waals surface area contributed by atoms with Crippen LogP contribution in [0, 0.1) is 0 Å². The van der Waals surface area contributed by atoms with Crippen LogP contribution in [0.3, 0.4) is 0 Å². The summed E-state index contributed by atoms with van der Waals surface area (Å²) in [7, 11) is 0. The first-order valence-electron chi connectivity index (χ1n) is 21.8. The molecule has 0 aliphatic carbocycles. The highest BCUT2D eigenvalue weighted by Gasteiger charge is 2.38. The van der Waals surface area contributed by atoms with E-state index in [-0.39, 0.29) is 0 Å². The van der Waals surface area contributed by atoms with Crippen LogP contribution in [-0.4, -0.2) is 9.13 Å². The average Bonchev–Trinajstić information content (AvgIpc) is 3.87. The first kappa shape index (κ1) is 36.6. The molecule has 0 fully saturated rings. The van der Waals surface area contributed by atoms with E-state index in [1.807, 2.05) is 0 Å². The van der Waals surface area contributed by atoms with Crippen molar-refractivity contribution in [1.29, 1.82) is 0 Å². The molecule has 0 spiro atoms. The number of nitrogens with zero attached hydrogens (tertiary/aromatic N) is 2. The summed E-state index contributed by atoms with van der Waals surface area (Å²) in [6, 6.07) is 93.2. The lowest BCUT2D eigenvalue weighted by atomic mass is 9.65. The second-order valence-electron chi connectivity index (χ2n) is 16.5. The number of benzene rings is 10. The molecule has 2 aromatic heterocycles. The zero-order valence-corrected chi connectivity index (χ0v) is 34.6. The Morgan fingerprint density at radius 2 is 0.603 bits per heavy atom. The molecule has 0 atom stereocenters. The topological polar surface area (TPSA) is 9.86 Å². The summed E-state index contributed by atoms with van der Waals surface area (Å²) in [5, 5.41) is 4.92. The van der Waals surface area contributed by atoms with Gasteiger partial charge >= 0.3 is 0 Å². The van der Waals surface area contributed by atoms with E-state index in [0.29, 0.717) is 0 Å². The summed E-state index contributed by atoms with van der Waals surface area (Å²) in [5.74, 6) is 0. The van der Waals surface area contributed by atoms with Gasteiger partial charge in [0.2, 0.25) is 0 Å². The van der Waals surface area contributed by atoms with Crippen LogP contribution in [-0.2, 0) is 5.41 Å². The molecule has 12 rings (SSSR count). The van der Waals surface area contributed by atoms with Gasteiger partial charge in [-0.25, -0.2) is 0 Å². The monoisotopic (exact) mass is 802 g/mol. The van der Waals surface area contributed by atoms with E-state index in [4.69, 9.17) is 0 Å². The van der Waals surface area contributed by atoms with Crippen molar-refractivity contribution >= 4 is 43.6 Å². The summed E-state index contributed by atoms with van der Waals surface area (Å²) in [6.07, 6.45) is 0. The van der Waals surface area contributed by atoms with Crippen molar-refractivity contribution < 1.29 is 0 Å². The molecule has 0 aliphatic rings. The quantitative estimate of drug-likeness (QED) is 0.135. The van der Waals surface area contributed by atoms with Gasteiger partial charge in [0.25, 0.3) is 0 Å². The van der Waals surface area contributed by atoms with Gasteiger partial charge < -0.3 is 9.13 Å². The third-order valence-corrected chi connectivity index (χ3v) is 13.1. The largest absolute Gasteiger partial charge is 0.309 e. The van der Waals surface area contributed by atoms with E-state index in [2.05, 4.69) is 264 Å². The Morgan fingerprint density at radius 1 is 0.222 bits per heavy atom. The maximum absolute atomic E-state index is 2.47. The molecule has 2 heteroatoms. The summed E-state index contributed by atoms with van der Waals surface area (Å²) in [6.45, 7) is 0. The first-order chi connectivity index (χ1) is 31.3. The highest BCUT2D eigenvalue weighted by molar-refractivity contribution is 6.13. The fourth-order valence-corrected chi connectivity index (χ4v) is 10.2. The normalized spacial score (nSPS) is 11.8. The standard InChI is InChI=1S/C61H42N2/c1-6-18-43(19-7-1)45-30-37-54-55-38-31-46(44-20-8-2-9-21-44)41-60(55)63(59(54)40-45)52-36-39-58-56(42-52)53-28-16-17-29-57(53)62(58)51-34-32-50(33-35-51)61(47-22-10-3-11-23-47,48-24-12-4-13-25-48)49-26-14-5-15-27-49/h1-42H. The van der Waals surface area contributed by atoms with Crippen molar-refractivity contribution in [3.63, 3.8) is 0 Å². The van der Waals surface area contributed by atoms with Gasteiger partial charge in [0, 0.05) is 32.9 Å². The summed E-state index contributed by atoms with van der Waals surface area (Å²) < 4.78 is 4.90. The fraction of sp³-hybridized carbons (Fsp3) is 0.0164. The van der Waals surface area contributed by atoms with E-state index < -0.39 is 5.41 Å². The van der Waals surface area contributed by atoms with E-state index in [0.717, 1.165) is 11.4 Å². The van der Waals surface area contributed by atoms with Crippen molar-refractivity contribution in [3.8, 4) is 33.6 Å². The molecule has 0 saturated carbocycles. The average molecular weight is 803 g/mol. The summed E-state index contributed by atoms with van der Waals surface area (Å²) in [4.78, 5) is 0. The van der Waals surface area contributed by atoms with Crippen molar-refractivity contribution in [1.82, 2.24) is 9.13 Å². The third kappa shape index (κ3) is 5.95. The summed E-state index contributed by atoms with van der Waals surface area (Å²) >= 11 is 0. The minimum Gasteiger partial charge on any atom is -0.309 e. The van der Waals surface area contributed by atoms with Gasteiger partial charge in [0.05, 0.1) is 27.5 Å². The Balaban J connectivity index is 1.05. The minimum atomic E-state index is -0.513. The van der Waals surface area contributed by atoms with E-state index in [1.54, 1.807) is 0 Å². The number of hydrogen-bond donors (Lipinski definition) is 0. The smallest absolute Gasteiger partial charge is 0.0701 e. The number of hydrogen-bond acceptors (Lipinski definition) is 0. The molecule has 12 aromatic rings. The molecule has 0 unspecified atom stereocenters. The van der Waals surface area contributed by atoms with Gasteiger partial charge in [-0.05, 0) is 93.0 Å². The van der Waals surface area contributed by atoms with Crippen molar-refractivity contribution in [3.05, 3.63) is 277 Å². The van der Waals surface area contributed by atoms with Gasteiger partial charge in [0.15, 0.2) is 0 Å². The Morgan fingerprint density at radius 3 is 1.11 bits per heavy atom. The molecule has 0 radical (unpaired) electrons. The molecule has 0 bridgehead atoms. The number of fused-ring (bicyclic) bond motifs is 6. The van der Waals surface area contributed by atoms with Crippen LogP contribution in [0.1, 0.15) is 22.3 Å².